The van der Waals surface area contributed by atoms with E-state index in [1.807, 2.05) is 41.3 Å². The monoisotopic (exact) mass is 370 g/mol. The van der Waals surface area contributed by atoms with Gasteiger partial charge in [-0.15, -0.1) is 0 Å². The van der Waals surface area contributed by atoms with E-state index in [0.717, 1.165) is 49.0 Å². The number of ether oxygens (including phenoxy) is 2. The number of hydrogen-bond donors (Lipinski definition) is 0. The Balaban J connectivity index is 1.36. The third-order valence-electron chi connectivity index (χ3n) is 5.22. The number of nitrogens with zero attached hydrogens (tertiary/aromatic N) is 2. The van der Waals surface area contributed by atoms with Gasteiger partial charge in [0, 0.05) is 31.5 Å². The standard InChI is InChI=1S/C21H26N2O4/c1-25-17-6-4-5-16(13-17)23-11-10-22(15-21(23)24)14-18-8-9-20(27-18)19-7-2-3-12-26-19/h4-6,8-9,13,19H,2-3,7,10-12,14-15H2,1H3/t19-/m1/s1. The number of furan rings is 1. The third kappa shape index (κ3) is 4.17. The Morgan fingerprint density at radius 3 is 2.89 bits per heavy atom. The number of carbonyl (C=O) groups excluding carboxylic acids is 1. The van der Waals surface area contributed by atoms with E-state index in [1.54, 1.807) is 7.11 Å². The van der Waals surface area contributed by atoms with Crippen LogP contribution in [-0.4, -0.2) is 44.2 Å². The van der Waals surface area contributed by atoms with Crippen LogP contribution in [0.15, 0.2) is 40.8 Å². The van der Waals surface area contributed by atoms with Crippen LogP contribution in [0.25, 0.3) is 0 Å². The molecule has 6 heteroatoms. The summed E-state index contributed by atoms with van der Waals surface area (Å²) in [6.07, 6.45) is 3.41. The van der Waals surface area contributed by atoms with Gasteiger partial charge in [-0.25, -0.2) is 0 Å². The van der Waals surface area contributed by atoms with Crippen LogP contribution in [0.1, 0.15) is 36.9 Å². The van der Waals surface area contributed by atoms with Crippen LogP contribution in [-0.2, 0) is 16.1 Å². The van der Waals surface area contributed by atoms with Crippen LogP contribution in [0.5, 0.6) is 5.75 Å². The molecule has 6 nitrogen and oxygen atoms in total. The van der Waals surface area contributed by atoms with Crippen molar-refractivity contribution in [1.82, 2.24) is 4.90 Å². The van der Waals surface area contributed by atoms with Gasteiger partial charge in [0.05, 0.1) is 20.2 Å². The molecule has 1 amide bonds. The molecule has 1 aromatic heterocycles. The SMILES string of the molecule is COc1cccc(N2CCN(Cc3ccc([C@H]4CCCCO4)o3)CC2=O)c1. The fraction of sp³-hybridized carbons (Fsp3) is 0.476. The molecule has 0 unspecified atom stereocenters. The number of hydrogen-bond acceptors (Lipinski definition) is 5. The first-order valence-corrected chi connectivity index (χ1v) is 9.60. The van der Waals surface area contributed by atoms with Gasteiger partial charge < -0.3 is 18.8 Å². The summed E-state index contributed by atoms with van der Waals surface area (Å²) in [4.78, 5) is 16.6. The zero-order chi connectivity index (χ0) is 18.6. The van der Waals surface area contributed by atoms with E-state index < -0.39 is 0 Å². The topological polar surface area (TPSA) is 55.1 Å². The molecule has 2 saturated heterocycles. The predicted molar refractivity (Wildman–Crippen MR) is 102 cm³/mol. The summed E-state index contributed by atoms with van der Waals surface area (Å²) in [5.74, 6) is 2.65. The van der Waals surface area contributed by atoms with Gasteiger partial charge in [0.1, 0.15) is 23.4 Å². The zero-order valence-corrected chi connectivity index (χ0v) is 15.7. The van der Waals surface area contributed by atoms with Crippen molar-refractivity contribution in [2.24, 2.45) is 0 Å². The van der Waals surface area contributed by atoms with Gasteiger partial charge in [-0.1, -0.05) is 6.07 Å². The lowest BCUT2D eigenvalue weighted by Gasteiger charge is -2.34. The lowest BCUT2D eigenvalue weighted by Crippen LogP contribution is -2.50. The normalized spacial score (nSPS) is 21.4. The summed E-state index contributed by atoms with van der Waals surface area (Å²) in [5, 5.41) is 0. The summed E-state index contributed by atoms with van der Waals surface area (Å²) in [5.41, 5.74) is 0.883. The summed E-state index contributed by atoms with van der Waals surface area (Å²) in [6, 6.07) is 11.7. The molecular formula is C21H26N2O4. The first-order chi connectivity index (χ1) is 13.2. The lowest BCUT2D eigenvalue weighted by atomic mass is 10.1. The van der Waals surface area contributed by atoms with Crippen LogP contribution < -0.4 is 9.64 Å². The Morgan fingerprint density at radius 2 is 2.11 bits per heavy atom. The minimum absolute atomic E-state index is 0.0824. The first-order valence-electron chi connectivity index (χ1n) is 9.60. The highest BCUT2D eigenvalue weighted by Gasteiger charge is 2.26. The second-order valence-electron chi connectivity index (χ2n) is 7.12. The molecule has 2 aliphatic rings. The molecule has 144 valence electrons. The molecule has 0 radical (unpaired) electrons. The second-order valence-corrected chi connectivity index (χ2v) is 7.12. The van der Waals surface area contributed by atoms with Crippen molar-refractivity contribution in [2.75, 3.05) is 38.3 Å². The average molecular weight is 370 g/mol. The minimum Gasteiger partial charge on any atom is -0.497 e. The Labute approximate surface area is 159 Å². The number of rotatable bonds is 5. The van der Waals surface area contributed by atoms with E-state index in [-0.39, 0.29) is 12.0 Å². The molecule has 3 heterocycles. The highest BCUT2D eigenvalue weighted by atomic mass is 16.5. The molecule has 1 aromatic carbocycles. The van der Waals surface area contributed by atoms with E-state index in [9.17, 15) is 4.79 Å². The smallest absolute Gasteiger partial charge is 0.241 e. The number of amides is 1. The summed E-state index contributed by atoms with van der Waals surface area (Å²) < 4.78 is 17.0. The van der Waals surface area contributed by atoms with Crippen molar-refractivity contribution in [3.63, 3.8) is 0 Å². The van der Waals surface area contributed by atoms with Crippen LogP contribution in [0.2, 0.25) is 0 Å². The Kier molecular flexibility index (Phi) is 5.45. The first kappa shape index (κ1) is 18.1. The summed E-state index contributed by atoms with van der Waals surface area (Å²) >= 11 is 0. The van der Waals surface area contributed by atoms with Gasteiger partial charge in [-0.05, 0) is 43.5 Å². The van der Waals surface area contributed by atoms with Gasteiger partial charge in [0.25, 0.3) is 0 Å². The fourth-order valence-electron chi connectivity index (χ4n) is 3.75. The van der Waals surface area contributed by atoms with Gasteiger partial charge in [-0.2, -0.15) is 0 Å². The molecule has 2 aliphatic heterocycles. The largest absolute Gasteiger partial charge is 0.497 e. The van der Waals surface area contributed by atoms with Crippen LogP contribution >= 0.6 is 0 Å². The molecule has 2 fully saturated rings. The van der Waals surface area contributed by atoms with E-state index in [4.69, 9.17) is 13.9 Å². The molecule has 2 aromatic rings. The van der Waals surface area contributed by atoms with Crippen molar-refractivity contribution in [1.29, 1.82) is 0 Å². The van der Waals surface area contributed by atoms with Crippen LogP contribution in [0, 0.1) is 0 Å². The van der Waals surface area contributed by atoms with Gasteiger partial charge in [0.15, 0.2) is 0 Å². The van der Waals surface area contributed by atoms with Gasteiger partial charge in [-0.3, -0.25) is 9.69 Å². The van der Waals surface area contributed by atoms with Crippen molar-refractivity contribution in [2.45, 2.75) is 31.9 Å². The highest BCUT2D eigenvalue weighted by molar-refractivity contribution is 5.95. The van der Waals surface area contributed by atoms with Crippen molar-refractivity contribution >= 4 is 11.6 Å². The number of carbonyl (C=O) groups is 1. The Hall–Kier alpha value is -2.31. The van der Waals surface area contributed by atoms with Gasteiger partial charge >= 0.3 is 0 Å². The fourth-order valence-corrected chi connectivity index (χ4v) is 3.75. The molecule has 4 rings (SSSR count). The quantitative estimate of drug-likeness (QED) is 0.808. The average Bonchev–Trinajstić information content (AvgIpc) is 3.17. The van der Waals surface area contributed by atoms with Crippen molar-refractivity contribution < 1.29 is 18.7 Å². The maximum Gasteiger partial charge on any atom is 0.241 e. The molecular weight excluding hydrogens is 344 g/mol. The minimum atomic E-state index is 0.0824. The van der Waals surface area contributed by atoms with E-state index in [2.05, 4.69) is 4.90 Å². The Bertz CT molecular complexity index is 782. The predicted octanol–water partition coefficient (Wildman–Crippen LogP) is 3.38. The third-order valence-corrected chi connectivity index (χ3v) is 5.22. The second kappa shape index (κ2) is 8.15. The number of methoxy groups -OCH3 is 1. The summed E-state index contributed by atoms with van der Waals surface area (Å²) in [7, 11) is 1.63. The van der Waals surface area contributed by atoms with Crippen LogP contribution in [0.4, 0.5) is 5.69 Å². The van der Waals surface area contributed by atoms with E-state index in [0.29, 0.717) is 19.6 Å². The Morgan fingerprint density at radius 1 is 1.19 bits per heavy atom. The molecule has 0 N–H and O–H groups in total. The lowest BCUT2D eigenvalue weighted by molar-refractivity contribution is -0.121. The van der Waals surface area contributed by atoms with Crippen LogP contribution in [0.3, 0.4) is 0 Å². The molecule has 0 bridgehead atoms. The molecule has 0 aliphatic carbocycles. The number of anilines is 1. The zero-order valence-electron chi connectivity index (χ0n) is 15.7. The van der Waals surface area contributed by atoms with Crippen molar-refractivity contribution in [3.8, 4) is 5.75 Å². The highest BCUT2D eigenvalue weighted by Crippen LogP contribution is 2.29. The number of benzene rings is 1. The summed E-state index contributed by atoms with van der Waals surface area (Å²) in [6.45, 7) is 3.29. The molecule has 1 atom stereocenters. The maximum atomic E-state index is 12.6. The molecule has 0 spiro atoms. The van der Waals surface area contributed by atoms with E-state index >= 15 is 0 Å². The van der Waals surface area contributed by atoms with Gasteiger partial charge in [0.2, 0.25) is 5.91 Å². The van der Waals surface area contributed by atoms with Crippen molar-refractivity contribution in [3.05, 3.63) is 47.9 Å². The van der Waals surface area contributed by atoms with E-state index in [1.165, 1.54) is 6.42 Å². The molecule has 0 saturated carbocycles. The number of piperazine rings is 1. The maximum absolute atomic E-state index is 12.6. The molecule has 27 heavy (non-hydrogen) atoms.